The van der Waals surface area contributed by atoms with Crippen LogP contribution in [0.2, 0.25) is 0 Å². The molecule has 0 aliphatic heterocycles. The molecule has 4 aromatic rings. The maximum absolute atomic E-state index is 14.2. The Morgan fingerprint density at radius 3 is 2.50 bits per heavy atom. The number of carbonyl (C=O) groups excluding carboxylic acids is 3. The summed E-state index contributed by atoms with van der Waals surface area (Å²) in [6, 6.07) is 13.4. The van der Waals surface area contributed by atoms with Crippen LogP contribution >= 0.6 is 11.5 Å². The molecule has 6 N–H and O–H groups in total. The predicted octanol–water partition coefficient (Wildman–Crippen LogP) is 3.76. The quantitative estimate of drug-likeness (QED) is 0.271. The van der Waals surface area contributed by atoms with Gasteiger partial charge in [-0.3, -0.25) is 19.3 Å². The molecule has 0 saturated heterocycles. The van der Waals surface area contributed by atoms with Crippen LogP contribution in [0, 0.1) is 0 Å². The van der Waals surface area contributed by atoms with Gasteiger partial charge in [-0.2, -0.15) is 4.37 Å². The number of ether oxygens (including phenoxy) is 1. The zero-order valence-electron chi connectivity index (χ0n) is 20.8. The average molecular weight is 533 g/mol. The number of aromatic nitrogens is 2. The fourth-order valence-electron chi connectivity index (χ4n) is 4.93. The van der Waals surface area contributed by atoms with Crippen LogP contribution in [0.3, 0.4) is 0 Å². The Kier molecular flexibility index (Phi) is 7.01. The number of nitrogens with zero attached hydrogens (tertiary/aromatic N) is 2. The molecule has 3 amide bonds. The minimum absolute atomic E-state index is 0.0214. The van der Waals surface area contributed by atoms with Crippen LogP contribution in [0.1, 0.15) is 57.4 Å². The van der Waals surface area contributed by atoms with Gasteiger partial charge in [0.15, 0.2) is 5.69 Å². The van der Waals surface area contributed by atoms with Crippen molar-refractivity contribution >= 4 is 51.5 Å². The molecular formula is C27H28N6O4S. The third-order valence-corrected chi connectivity index (χ3v) is 7.70. The molecule has 1 saturated carbocycles. The molecule has 0 radical (unpaired) electrons. The molecule has 0 unspecified atom stereocenters. The van der Waals surface area contributed by atoms with E-state index in [9.17, 15) is 14.4 Å². The van der Waals surface area contributed by atoms with Gasteiger partial charge in [-0.25, -0.2) is 0 Å². The highest BCUT2D eigenvalue weighted by molar-refractivity contribution is 7.09. The van der Waals surface area contributed by atoms with Gasteiger partial charge in [-0.1, -0.05) is 31.0 Å². The molecule has 2 aromatic carbocycles. The standard InChI is InChI=1S/C27H28N6O4S/c1-37-17-12-10-16(11-13-17)33(27(36)24-21(28)22(25(29)34)32-38-24)23(26(35)31-15-6-2-3-7-15)19-14-30-20-9-5-4-8-18(19)20/h4-5,8-15,23,30H,2-3,6-7,28H2,1H3,(H2,29,34)(H,31,35)/t23-/m1/s1. The van der Waals surface area contributed by atoms with Gasteiger partial charge < -0.3 is 26.5 Å². The van der Waals surface area contributed by atoms with Crippen molar-refractivity contribution in [2.45, 2.75) is 37.8 Å². The van der Waals surface area contributed by atoms with E-state index in [1.54, 1.807) is 37.6 Å². The Labute approximate surface area is 223 Å². The predicted molar refractivity (Wildman–Crippen MR) is 146 cm³/mol. The Morgan fingerprint density at radius 1 is 1.13 bits per heavy atom. The average Bonchev–Trinajstić information content (AvgIpc) is 3.67. The van der Waals surface area contributed by atoms with E-state index in [1.807, 2.05) is 24.3 Å². The highest BCUT2D eigenvalue weighted by Gasteiger charge is 2.38. The van der Waals surface area contributed by atoms with Crippen molar-refractivity contribution in [2.75, 3.05) is 17.7 Å². The molecule has 1 aliphatic carbocycles. The monoisotopic (exact) mass is 532 g/mol. The number of rotatable bonds is 8. The fraction of sp³-hybridized carbons (Fsp3) is 0.259. The summed E-state index contributed by atoms with van der Waals surface area (Å²) < 4.78 is 9.31. The fourth-order valence-corrected chi connectivity index (χ4v) is 5.68. The van der Waals surface area contributed by atoms with Gasteiger partial charge in [0, 0.05) is 34.4 Å². The van der Waals surface area contributed by atoms with Gasteiger partial charge in [0.05, 0.1) is 12.8 Å². The van der Waals surface area contributed by atoms with Crippen molar-refractivity contribution in [1.29, 1.82) is 0 Å². The summed E-state index contributed by atoms with van der Waals surface area (Å²) in [5, 5.41) is 3.97. The number of carbonyl (C=O) groups is 3. The molecule has 10 nitrogen and oxygen atoms in total. The van der Waals surface area contributed by atoms with E-state index in [0.717, 1.165) is 48.1 Å². The molecule has 11 heteroatoms. The largest absolute Gasteiger partial charge is 0.497 e. The number of benzene rings is 2. The number of nitrogens with one attached hydrogen (secondary N) is 2. The minimum Gasteiger partial charge on any atom is -0.497 e. The molecule has 0 spiro atoms. The van der Waals surface area contributed by atoms with Crippen LogP contribution in [0.5, 0.6) is 5.75 Å². The van der Waals surface area contributed by atoms with E-state index in [2.05, 4.69) is 14.7 Å². The Hall–Kier alpha value is -4.38. The number of fused-ring (bicyclic) bond motifs is 1. The third kappa shape index (κ3) is 4.68. The number of hydrogen-bond donors (Lipinski definition) is 4. The number of H-pyrrole nitrogens is 1. The number of methoxy groups -OCH3 is 1. The van der Waals surface area contributed by atoms with E-state index < -0.39 is 17.9 Å². The van der Waals surface area contributed by atoms with E-state index in [-0.39, 0.29) is 28.2 Å². The summed E-state index contributed by atoms with van der Waals surface area (Å²) in [5.41, 5.74) is 13.2. The number of aromatic amines is 1. The SMILES string of the molecule is COc1ccc(N(C(=O)c2snc(C(N)=O)c2N)[C@@H](C(=O)NC2CCCC2)c2c[nH]c3ccccc23)cc1. The maximum atomic E-state index is 14.2. The van der Waals surface area contributed by atoms with Gasteiger partial charge in [0.1, 0.15) is 16.7 Å². The maximum Gasteiger partial charge on any atom is 0.273 e. The van der Waals surface area contributed by atoms with Gasteiger partial charge in [0.25, 0.3) is 11.8 Å². The van der Waals surface area contributed by atoms with E-state index in [4.69, 9.17) is 16.2 Å². The summed E-state index contributed by atoms with van der Waals surface area (Å²) in [6.07, 6.45) is 5.59. The summed E-state index contributed by atoms with van der Waals surface area (Å²) in [5.74, 6) is -1.13. The topological polar surface area (TPSA) is 156 Å². The molecule has 196 valence electrons. The van der Waals surface area contributed by atoms with Crippen LogP contribution in [0.15, 0.2) is 54.7 Å². The Morgan fingerprint density at radius 2 is 1.84 bits per heavy atom. The van der Waals surface area contributed by atoms with Crippen molar-refractivity contribution in [2.24, 2.45) is 5.73 Å². The first-order valence-electron chi connectivity index (χ1n) is 12.3. The normalized spacial score (nSPS) is 14.3. The van der Waals surface area contributed by atoms with Crippen molar-refractivity contribution < 1.29 is 19.1 Å². The molecule has 1 aliphatic rings. The number of nitrogen functional groups attached to an aromatic ring is 1. The number of primary amides is 1. The molecular weight excluding hydrogens is 504 g/mol. The Balaban J connectivity index is 1.68. The first-order valence-corrected chi connectivity index (χ1v) is 13.0. The second-order valence-electron chi connectivity index (χ2n) is 9.19. The molecule has 2 heterocycles. The number of nitrogens with two attached hydrogens (primary N) is 2. The molecule has 5 rings (SSSR count). The number of hydrogen-bond acceptors (Lipinski definition) is 7. The summed E-state index contributed by atoms with van der Waals surface area (Å²) in [7, 11) is 1.55. The Bertz CT molecular complexity index is 1490. The second kappa shape index (κ2) is 10.5. The van der Waals surface area contributed by atoms with Gasteiger partial charge >= 0.3 is 0 Å². The van der Waals surface area contributed by atoms with Crippen LogP contribution in [-0.4, -0.2) is 40.2 Å². The van der Waals surface area contributed by atoms with Crippen molar-refractivity contribution in [3.8, 4) is 5.75 Å². The number of para-hydroxylation sites is 1. The minimum atomic E-state index is -1.05. The third-order valence-electron chi connectivity index (χ3n) is 6.85. The van der Waals surface area contributed by atoms with Gasteiger partial charge in [-0.15, -0.1) is 0 Å². The molecule has 1 atom stereocenters. The lowest BCUT2D eigenvalue weighted by Crippen LogP contribution is -2.46. The van der Waals surface area contributed by atoms with Crippen molar-refractivity contribution in [3.05, 3.63) is 70.9 Å². The highest BCUT2D eigenvalue weighted by Crippen LogP contribution is 2.37. The van der Waals surface area contributed by atoms with E-state index in [1.165, 1.54) is 4.90 Å². The van der Waals surface area contributed by atoms with Crippen LogP contribution < -0.4 is 26.4 Å². The smallest absolute Gasteiger partial charge is 0.273 e. The van der Waals surface area contributed by atoms with Crippen molar-refractivity contribution in [1.82, 2.24) is 14.7 Å². The van der Waals surface area contributed by atoms with Crippen molar-refractivity contribution in [3.63, 3.8) is 0 Å². The second-order valence-corrected chi connectivity index (χ2v) is 9.97. The van der Waals surface area contributed by atoms with Crippen LogP contribution in [-0.2, 0) is 4.79 Å². The first-order chi connectivity index (χ1) is 18.4. The zero-order chi connectivity index (χ0) is 26.8. The molecule has 1 fully saturated rings. The van der Waals surface area contributed by atoms with E-state index in [0.29, 0.717) is 17.0 Å². The van der Waals surface area contributed by atoms with Crippen LogP contribution in [0.4, 0.5) is 11.4 Å². The number of amides is 3. The van der Waals surface area contributed by atoms with E-state index >= 15 is 0 Å². The molecule has 2 aromatic heterocycles. The summed E-state index contributed by atoms with van der Waals surface area (Å²) in [4.78, 5) is 44.7. The first kappa shape index (κ1) is 25.3. The summed E-state index contributed by atoms with van der Waals surface area (Å²) in [6.45, 7) is 0. The van der Waals surface area contributed by atoms with Gasteiger partial charge in [0.2, 0.25) is 5.91 Å². The lowest BCUT2D eigenvalue weighted by atomic mass is 10.0. The zero-order valence-corrected chi connectivity index (χ0v) is 21.6. The van der Waals surface area contributed by atoms with Gasteiger partial charge in [-0.05, 0) is 54.7 Å². The van der Waals surface area contributed by atoms with Crippen LogP contribution in [0.25, 0.3) is 10.9 Å². The molecule has 0 bridgehead atoms. The lowest BCUT2D eigenvalue weighted by molar-refractivity contribution is -0.123. The number of anilines is 2. The summed E-state index contributed by atoms with van der Waals surface area (Å²) >= 11 is 0.775. The molecule has 38 heavy (non-hydrogen) atoms. The lowest BCUT2D eigenvalue weighted by Gasteiger charge is -2.32. The highest BCUT2D eigenvalue weighted by atomic mass is 32.1.